The number of methoxy groups -OCH3 is 1. The average molecular weight is 384 g/mol. The van der Waals surface area contributed by atoms with E-state index in [1.807, 2.05) is 18.2 Å². The van der Waals surface area contributed by atoms with E-state index in [4.69, 9.17) is 20.3 Å². The van der Waals surface area contributed by atoms with Crippen molar-refractivity contribution in [1.29, 1.82) is 0 Å². The molecule has 0 bridgehead atoms. The number of terminal acetylenes is 1. The smallest absolute Gasteiger partial charge is 0.338 e. The fourth-order valence-electron chi connectivity index (χ4n) is 3.34. The van der Waals surface area contributed by atoms with E-state index in [0.717, 1.165) is 10.9 Å². The number of ether oxygens (including phenoxy) is 2. The maximum Gasteiger partial charge on any atom is 0.338 e. The van der Waals surface area contributed by atoms with Crippen molar-refractivity contribution in [3.8, 4) is 40.5 Å². The Balaban J connectivity index is 2.08. The van der Waals surface area contributed by atoms with E-state index in [2.05, 4.69) is 5.92 Å². The lowest BCUT2D eigenvalue weighted by Gasteiger charge is -2.17. The lowest BCUT2D eigenvalue weighted by atomic mass is 9.91. The molecule has 0 amide bonds. The van der Waals surface area contributed by atoms with Gasteiger partial charge in [0.2, 0.25) is 0 Å². The molecule has 2 aromatic carbocycles. The van der Waals surface area contributed by atoms with Crippen LogP contribution in [-0.4, -0.2) is 19.7 Å². The highest BCUT2D eigenvalue weighted by Gasteiger charge is 2.22. The maximum atomic E-state index is 12.4. The summed E-state index contributed by atoms with van der Waals surface area (Å²) in [5.74, 6) is 2.93. The van der Waals surface area contributed by atoms with Crippen LogP contribution in [0.2, 0.25) is 0 Å². The van der Waals surface area contributed by atoms with Crippen LogP contribution in [0.5, 0.6) is 5.75 Å². The molecule has 1 aliphatic heterocycles. The molecule has 2 aromatic rings. The van der Waals surface area contributed by atoms with Gasteiger partial charge < -0.3 is 13.9 Å². The molecule has 142 valence electrons. The van der Waals surface area contributed by atoms with Gasteiger partial charge in [-0.25, -0.2) is 4.79 Å². The van der Waals surface area contributed by atoms with Gasteiger partial charge in [0.15, 0.2) is 5.43 Å². The Kier molecular flexibility index (Phi) is 4.76. The third kappa shape index (κ3) is 3.32. The predicted molar refractivity (Wildman–Crippen MR) is 110 cm³/mol. The van der Waals surface area contributed by atoms with Crippen molar-refractivity contribution in [3.63, 3.8) is 0 Å². The first-order valence-corrected chi connectivity index (χ1v) is 8.87. The van der Waals surface area contributed by atoms with Crippen molar-refractivity contribution in [2.75, 3.05) is 13.7 Å². The second kappa shape index (κ2) is 7.53. The topological polar surface area (TPSA) is 65.7 Å². The molecule has 4 rings (SSSR count). The number of hydrogen-bond donors (Lipinski definition) is 0. The lowest BCUT2D eigenvalue weighted by molar-refractivity contribution is 0.0601. The van der Waals surface area contributed by atoms with Gasteiger partial charge in [-0.2, -0.15) is 0 Å². The standard InChI is InChI=1S/C24H16O5/c1-3-12-28-16-9-11-20-22(14-16)29-21-13-15(25)8-10-19(21)23(20)17-6-4-5-7-18(17)24(26)27-2/h1,4-11,13-14H,12H2,2H3. The molecule has 0 radical (unpaired) electrons. The van der Waals surface area contributed by atoms with E-state index in [1.165, 1.54) is 19.2 Å². The summed E-state index contributed by atoms with van der Waals surface area (Å²) in [6.07, 6.45) is 5.26. The van der Waals surface area contributed by atoms with Crippen LogP contribution in [0.3, 0.4) is 0 Å². The zero-order chi connectivity index (χ0) is 20.4. The molecule has 1 aliphatic carbocycles. The van der Waals surface area contributed by atoms with Gasteiger partial charge >= 0.3 is 5.97 Å². The fraction of sp³-hybridized carbons (Fsp3) is 0.0833. The van der Waals surface area contributed by atoms with Gasteiger partial charge in [-0.15, -0.1) is 6.42 Å². The predicted octanol–water partition coefficient (Wildman–Crippen LogP) is 4.36. The number of benzene rings is 3. The Hall–Kier alpha value is -4.04. The quantitative estimate of drug-likeness (QED) is 0.297. The molecule has 0 saturated heterocycles. The first-order valence-electron chi connectivity index (χ1n) is 8.87. The van der Waals surface area contributed by atoms with E-state index in [0.29, 0.717) is 33.8 Å². The Morgan fingerprint density at radius 2 is 1.90 bits per heavy atom. The van der Waals surface area contributed by atoms with E-state index >= 15 is 0 Å². The monoisotopic (exact) mass is 384 g/mol. The minimum absolute atomic E-state index is 0.127. The normalized spacial score (nSPS) is 10.6. The number of carbonyl (C=O) groups excluding carboxylic acids is 1. The van der Waals surface area contributed by atoms with Gasteiger partial charge in [-0.1, -0.05) is 24.1 Å². The summed E-state index contributed by atoms with van der Waals surface area (Å²) in [4.78, 5) is 24.3. The Morgan fingerprint density at radius 1 is 1.07 bits per heavy atom. The van der Waals surface area contributed by atoms with E-state index < -0.39 is 5.97 Å². The number of rotatable bonds is 4. The second-order valence-corrected chi connectivity index (χ2v) is 6.32. The highest BCUT2D eigenvalue weighted by Crippen LogP contribution is 2.41. The summed E-state index contributed by atoms with van der Waals surface area (Å²) in [7, 11) is 1.34. The fourth-order valence-corrected chi connectivity index (χ4v) is 3.34. The molecule has 5 heteroatoms. The van der Waals surface area contributed by atoms with Crippen molar-refractivity contribution in [2.24, 2.45) is 0 Å². The average Bonchev–Trinajstić information content (AvgIpc) is 2.75. The van der Waals surface area contributed by atoms with E-state index in [9.17, 15) is 9.59 Å². The Morgan fingerprint density at radius 3 is 2.69 bits per heavy atom. The van der Waals surface area contributed by atoms with Crippen molar-refractivity contribution in [3.05, 3.63) is 76.5 Å². The highest BCUT2D eigenvalue weighted by molar-refractivity contribution is 6.07. The molecule has 0 atom stereocenters. The van der Waals surface area contributed by atoms with Crippen LogP contribution in [0.25, 0.3) is 33.4 Å². The zero-order valence-corrected chi connectivity index (χ0v) is 15.6. The number of fused-ring (bicyclic) bond motifs is 2. The minimum Gasteiger partial charge on any atom is -0.481 e. The molecular weight excluding hydrogens is 368 g/mol. The van der Waals surface area contributed by atoms with Crippen molar-refractivity contribution < 1.29 is 18.7 Å². The maximum absolute atomic E-state index is 12.4. The summed E-state index contributed by atoms with van der Waals surface area (Å²) >= 11 is 0. The van der Waals surface area contributed by atoms with Gasteiger partial charge in [0.1, 0.15) is 23.7 Å². The van der Waals surface area contributed by atoms with Crippen LogP contribution in [0.4, 0.5) is 0 Å². The summed E-state index contributed by atoms with van der Waals surface area (Å²) in [5, 5.41) is 0.764. The van der Waals surface area contributed by atoms with Gasteiger partial charge in [0.05, 0.1) is 12.7 Å². The summed E-state index contributed by atoms with van der Waals surface area (Å²) in [6.45, 7) is 0.127. The van der Waals surface area contributed by atoms with Crippen LogP contribution < -0.4 is 10.2 Å². The Labute approximate surface area is 166 Å². The van der Waals surface area contributed by atoms with Crippen molar-refractivity contribution in [2.45, 2.75) is 0 Å². The van der Waals surface area contributed by atoms with Crippen LogP contribution in [-0.2, 0) is 4.74 Å². The van der Waals surface area contributed by atoms with Gasteiger partial charge in [0, 0.05) is 28.6 Å². The third-order valence-electron chi connectivity index (χ3n) is 4.59. The SMILES string of the molecule is C#CCOc1ccc2c(-c3ccccc3C(=O)OC)c3ccc(=O)cc-3oc2c1. The summed E-state index contributed by atoms with van der Waals surface area (Å²) in [6, 6.07) is 17.1. The summed E-state index contributed by atoms with van der Waals surface area (Å²) < 4.78 is 16.4. The van der Waals surface area contributed by atoms with Crippen LogP contribution in [0.15, 0.2) is 69.9 Å². The van der Waals surface area contributed by atoms with Crippen molar-refractivity contribution >= 4 is 16.9 Å². The van der Waals surface area contributed by atoms with E-state index in [1.54, 1.807) is 30.3 Å². The number of esters is 1. The molecule has 5 nitrogen and oxygen atoms in total. The van der Waals surface area contributed by atoms with Crippen molar-refractivity contribution in [1.82, 2.24) is 0 Å². The zero-order valence-electron chi connectivity index (χ0n) is 15.6. The van der Waals surface area contributed by atoms with Gasteiger partial charge in [-0.3, -0.25) is 4.79 Å². The molecule has 0 N–H and O–H groups in total. The number of hydrogen-bond acceptors (Lipinski definition) is 5. The molecule has 0 saturated carbocycles. The highest BCUT2D eigenvalue weighted by atomic mass is 16.5. The molecule has 0 fully saturated rings. The van der Waals surface area contributed by atoms with E-state index in [-0.39, 0.29) is 12.0 Å². The second-order valence-electron chi connectivity index (χ2n) is 6.32. The van der Waals surface area contributed by atoms with Crippen LogP contribution in [0.1, 0.15) is 10.4 Å². The third-order valence-corrected chi connectivity index (χ3v) is 4.59. The molecule has 29 heavy (non-hydrogen) atoms. The van der Waals surface area contributed by atoms with Crippen LogP contribution >= 0.6 is 0 Å². The lowest BCUT2D eigenvalue weighted by Crippen LogP contribution is -2.05. The van der Waals surface area contributed by atoms with Gasteiger partial charge in [0.25, 0.3) is 0 Å². The van der Waals surface area contributed by atoms with Gasteiger partial charge in [-0.05, 0) is 35.9 Å². The molecule has 1 heterocycles. The first-order chi connectivity index (χ1) is 14.1. The first kappa shape index (κ1) is 18.3. The summed E-state index contributed by atoms with van der Waals surface area (Å²) in [5.41, 5.74) is 2.92. The Bertz CT molecular complexity index is 1290. The largest absolute Gasteiger partial charge is 0.481 e. The number of carbonyl (C=O) groups is 1. The molecular formula is C24H16O5. The molecule has 0 spiro atoms. The van der Waals surface area contributed by atoms with Crippen LogP contribution in [0, 0.1) is 12.3 Å². The minimum atomic E-state index is -0.447. The molecule has 0 aromatic heterocycles. The molecule has 2 aliphatic rings. The molecule has 0 unspecified atom stereocenters.